The van der Waals surface area contributed by atoms with E-state index in [4.69, 9.17) is 11.6 Å². The van der Waals surface area contributed by atoms with Crippen molar-refractivity contribution in [1.29, 1.82) is 0 Å². The number of benzene rings is 2. The van der Waals surface area contributed by atoms with Crippen molar-refractivity contribution < 1.29 is 23.1 Å². The molecule has 0 unspecified atom stereocenters. The first kappa shape index (κ1) is 19.2. The van der Waals surface area contributed by atoms with Crippen LogP contribution in [0.5, 0.6) is 0 Å². The highest BCUT2D eigenvalue weighted by molar-refractivity contribution is 6.36. The maximum absolute atomic E-state index is 12.7. The van der Waals surface area contributed by atoms with Gasteiger partial charge in [-0.3, -0.25) is 4.98 Å². The summed E-state index contributed by atoms with van der Waals surface area (Å²) < 4.78 is 38.2. The third-order valence-corrected chi connectivity index (χ3v) is 4.78. The number of aromatic nitrogens is 1. The molecule has 3 rings (SSSR count). The lowest BCUT2D eigenvalue weighted by Gasteiger charge is -2.14. The molecule has 3 nitrogen and oxygen atoms in total. The van der Waals surface area contributed by atoms with Gasteiger partial charge in [-0.15, -0.1) is 0 Å². The zero-order valence-electron chi connectivity index (χ0n) is 14.3. The van der Waals surface area contributed by atoms with Gasteiger partial charge >= 0.3 is 12.1 Å². The van der Waals surface area contributed by atoms with Crippen LogP contribution in [0.25, 0.3) is 10.9 Å². The van der Waals surface area contributed by atoms with Gasteiger partial charge in [0.1, 0.15) is 0 Å². The topological polar surface area (TPSA) is 50.2 Å². The summed E-state index contributed by atoms with van der Waals surface area (Å²) >= 11 is 6.54. The molecule has 0 aliphatic carbocycles. The molecular weight excluding hydrogens is 379 g/mol. The molecular formula is C20H15ClF3NO2. The number of hydrogen-bond donors (Lipinski definition) is 1. The van der Waals surface area contributed by atoms with Gasteiger partial charge in [0.05, 0.1) is 21.7 Å². The van der Waals surface area contributed by atoms with Gasteiger partial charge in [-0.2, -0.15) is 13.2 Å². The second-order valence-electron chi connectivity index (χ2n) is 6.11. The van der Waals surface area contributed by atoms with Crippen LogP contribution in [0.4, 0.5) is 13.2 Å². The quantitative estimate of drug-likeness (QED) is 0.613. The number of carboxylic acid groups (broad SMARTS) is 1. The van der Waals surface area contributed by atoms with Crippen LogP contribution in [-0.2, 0) is 19.0 Å². The molecule has 0 saturated heterocycles. The van der Waals surface area contributed by atoms with Crippen LogP contribution in [0.15, 0.2) is 42.5 Å². The van der Waals surface area contributed by atoms with Gasteiger partial charge in [0.15, 0.2) is 0 Å². The minimum atomic E-state index is -4.39. The number of carboxylic acids is 1. The summed E-state index contributed by atoms with van der Waals surface area (Å²) in [6.07, 6.45) is -3.49. The van der Waals surface area contributed by atoms with Crippen LogP contribution >= 0.6 is 11.6 Å². The minimum Gasteiger partial charge on any atom is -0.478 e. The van der Waals surface area contributed by atoms with Crippen molar-refractivity contribution in [3.05, 3.63) is 75.4 Å². The summed E-state index contributed by atoms with van der Waals surface area (Å²) in [5.41, 5.74) is 2.05. The first-order valence-electron chi connectivity index (χ1n) is 8.21. The van der Waals surface area contributed by atoms with E-state index in [9.17, 15) is 23.1 Å². The molecule has 1 aromatic heterocycles. The lowest BCUT2D eigenvalue weighted by molar-refractivity contribution is -0.137. The normalized spacial score (nSPS) is 11.7. The number of aromatic carboxylic acids is 1. The third-order valence-electron chi connectivity index (χ3n) is 4.35. The van der Waals surface area contributed by atoms with Crippen molar-refractivity contribution in [3.8, 4) is 0 Å². The highest BCUT2D eigenvalue weighted by atomic mass is 35.5. The molecule has 0 atom stereocenters. The van der Waals surface area contributed by atoms with Gasteiger partial charge in [0, 0.05) is 17.5 Å². The van der Waals surface area contributed by atoms with Crippen molar-refractivity contribution in [3.63, 3.8) is 0 Å². The van der Waals surface area contributed by atoms with Gasteiger partial charge in [0.2, 0.25) is 0 Å². The fraction of sp³-hybridized carbons (Fsp3) is 0.200. The van der Waals surface area contributed by atoms with Crippen LogP contribution in [0.1, 0.15) is 39.7 Å². The molecule has 0 aliphatic rings. The Balaban J connectivity index is 2.07. The number of fused-ring (bicyclic) bond motifs is 1. The van der Waals surface area contributed by atoms with Crippen LogP contribution in [0.2, 0.25) is 5.02 Å². The molecule has 3 aromatic rings. The average Bonchev–Trinajstić information content (AvgIpc) is 2.63. The number of hydrogen-bond acceptors (Lipinski definition) is 2. The molecule has 0 aliphatic heterocycles. The number of rotatable bonds is 4. The van der Waals surface area contributed by atoms with E-state index in [1.165, 1.54) is 24.3 Å². The van der Waals surface area contributed by atoms with E-state index < -0.39 is 17.7 Å². The zero-order chi connectivity index (χ0) is 19.8. The predicted molar refractivity (Wildman–Crippen MR) is 97.3 cm³/mol. The Morgan fingerprint density at radius 3 is 2.37 bits per heavy atom. The summed E-state index contributed by atoms with van der Waals surface area (Å²) in [6.45, 7) is 1.91. The van der Waals surface area contributed by atoms with Gasteiger partial charge in [-0.25, -0.2) is 4.79 Å². The second-order valence-corrected chi connectivity index (χ2v) is 6.49. The molecule has 0 bridgehead atoms. The maximum Gasteiger partial charge on any atom is 0.416 e. The Hall–Kier alpha value is -2.60. The molecule has 1 heterocycles. The fourth-order valence-electron chi connectivity index (χ4n) is 2.93. The standard InChI is InChI=1S/C20H15ClF3NO2/c1-2-16-14(9-11-3-6-13(7-4-11)20(22,23)24)18(21)15-10-12(19(26)27)5-8-17(15)25-16/h3-8,10H,2,9H2,1H3,(H,26,27). The van der Waals surface area contributed by atoms with Crippen molar-refractivity contribution in [1.82, 2.24) is 4.98 Å². The van der Waals surface area contributed by atoms with Gasteiger partial charge in [0.25, 0.3) is 0 Å². The second kappa shape index (κ2) is 7.19. The number of aryl methyl sites for hydroxylation is 1. The number of carbonyl (C=O) groups is 1. The summed E-state index contributed by atoms with van der Waals surface area (Å²) in [7, 11) is 0. The van der Waals surface area contributed by atoms with E-state index in [0.29, 0.717) is 39.9 Å². The average molecular weight is 394 g/mol. The monoisotopic (exact) mass is 393 g/mol. The van der Waals surface area contributed by atoms with Gasteiger partial charge in [-0.05, 0) is 47.9 Å². The summed E-state index contributed by atoms with van der Waals surface area (Å²) in [6, 6.07) is 9.42. The minimum absolute atomic E-state index is 0.0935. The van der Waals surface area contributed by atoms with Crippen LogP contribution in [0, 0.1) is 0 Å². The molecule has 27 heavy (non-hydrogen) atoms. The summed E-state index contributed by atoms with van der Waals surface area (Å²) in [4.78, 5) is 15.8. The van der Waals surface area contributed by atoms with Crippen LogP contribution < -0.4 is 0 Å². The number of nitrogens with zero attached hydrogens (tertiary/aromatic N) is 1. The SMILES string of the molecule is CCc1nc2ccc(C(=O)O)cc2c(Cl)c1Cc1ccc(C(F)(F)F)cc1. The summed E-state index contributed by atoms with van der Waals surface area (Å²) in [5, 5.41) is 10.1. The highest BCUT2D eigenvalue weighted by Gasteiger charge is 2.30. The van der Waals surface area contributed by atoms with E-state index >= 15 is 0 Å². The lowest BCUT2D eigenvalue weighted by Crippen LogP contribution is -2.05. The largest absolute Gasteiger partial charge is 0.478 e. The van der Waals surface area contributed by atoms with E-state index in [1.54, 1.807) is 6.07 Å². The van der Waals surface area contributed by atoms with E-state index in [2.05, 4.69) is 4.98 Å². The van der Waals surface area contributed by atoms with Crippen LogP contribution in [-0.4, -0.2) is 16.1 Å². The van der Waals surface area contributed by atoms with Crippen molar-refractivity contribution in [2.75, 3.05) is 0 Å². The lowest BCUT2D eigenvalue weighted by atomic mass is 9.98. The molecule has 0 saturated carbocycles. The van der Waals surface area contributed by atoms with E-state index in [-0.39, 0.29) is 5.56 Å². The fourth-order valence-corrected chi connectivity index (χ4v) is 3.26. The first-order chi connectivity index (χ1) is 12.7. The molecule has 0 radical (unpaired) electrons. The molecule has 7 heteroatoms. The predicted octanol–water partition coefficient (Wildman–Crippen LogP) is 5.76. The number of halogens is 4. The van der Waals surface area contributed by atoms with Crippen molar-refractivity contribution in [2.45, 2.75) is 25.9 Å². The zero-order valence-corrected chi connectivity index (χ0v) is 15.0. The Labute approximate surface area is 158 Å². The van der Waals surface area contributed by atoms with Gasteiger partial charge < -0.3 is 5.11 Å². The van der Waals surface area contributed by atoms with E-state index in [1.807, 2.05) is 6.92 Å². The molecule has 0 fully saturated rings. The number of pyridine rings is 1. The molecule has 0 spiro atoms. The van der Waals surface area contributed by atoms with E-state index in [0.717, 1.165) is 17.8 Å². The molecule has 140 valence electrons. The Bertz CT molecular complexity index is 1010. The highest BCUT2D eigenvalue weighted by Crippen LogP contribution is 2.33. The van der Waals surface area contributed by atoms with Crippen molar-refractivity contribution >= 4 is 28.5 Å². The number of alkyl halides is 3. The Kier molecular flexibility index (Phi) is 5.11. The molecule has 1 N–H and O–H groups in total. The van der Waals surface area contributed by atoms with Crippen LogP contribution in [0.3, 0.4) is 0 Å². The maximum atomic E-state index is 12.7. The molecule has 2 aromatic carbocycles. The Morgan fingerprint density at radius 2 is 1.81 bits per heavy atom. The first-order valence-corrected chi connectivity index (χ1v) is 8.59. The Morgan fingerprint density at radius 1 is 1.15 bits per heavy atom. The molecule has 0 amide bonds. The van der Waals surface area contributed by atoms with Crippen molar-refractivity contribution in [2.24, 2.45) is 0 Å². The third kappa shape index (κ3) is 3.90. The van der Waals surface area contributed by atoms with Gasteiger partial charge in [-0.1, -0.05) is 30.7 Å². The smallest absolute Gasteiger partial charge is 0.416 e. The summed E-state index contributed by atoms with van der Waals surface area (Å²) in [5.74, 6) is -1.07.